The Morgan fingerprint density at radius 3 is 2.75 bits per heavy atom. The van der Waals surface area contributed by atoms with Crippen molar-refractivity contribution >= 4 is 32.6 Å². The summed E-state index contributed by atoms with van der Waals surface area (Å²) < 4.78 is 25.4. The number of H-pyrrole nitrogens is 1. The predicted molar refractivity (Wildman–Crippen MR) is 106 cm³/mol. The van der Waals surface area contributed by atoms with Gasteiger partial charge in [-0.05, 0) is 37.7 Å². The number of hydrogen-bond donors (Lipinski definition) is 1. The maximum atomic E-state index is 12.7. The lowest BCUT2D eigenvalue weighted by molar-refractivity contribution is -0.135. The molecule has 3 fully saturated rings. The van der Waals surface area contributed by atoms with E-state index < -0.39 is 9.84 Å². The average Bonchev–Trinajstić information content (AvgIpc) is 3.32. The van der Waals surface area contributed by atoms with Gasteiger partial charge in [0.2, 0.25) is 5.91 Å². The number of likely N-dealkylation sites (tertiary alicyclic amines) is 1. The lowest BCUT2D eigenvalue weighted by atomic mass is 9.81. The summed E-state index contributed by atoms with van der Waals surface area (Å²) in [5.74, 6) is 1.62. The van der Waals surface area contributed by atoms with Crippen LogP contribution in [0.5, 0.6) is 0 Å². The van der Waals surface area contributed by atoms with E-state index in [1.165, 1.54) is 0 Å². The Morgan fingerprint density at radius 2 is 2.04 bits per heavy atom. The summed E-state index contributed by atoms with van der Waals surface area (Å²) >= 11 is 0. The third-order valence-electron chi connectivity index (χ3n) is 6.49. The zero-order valence-electron chi connectivity index (χ0n) is 15.9. The van der Waals surface area contributed by atoms with Gasteiger partial charge in [0.05, 0.1) is 16.4 Å². The van der Waals surface area contributed by atoms with Gasteiger partial charge in [0, 0.05) is 38.3 Å². The summed E-state index contributed by atoms with van der Waals surface area (Å²) in [4.78, 5) is 27.6. The number of nitrogens with zero attached hydrogens (tertiary/aromatic N) is 4. The van der Waals surface area contributed by atoms with Crippen LogP contribution in [0.2, 0.25) is 0 Å². The predicted octanol–water partition coefficient (Wildman–Crippen LogP) is 1.21. The first-order chi connectivity index (χ1) is 13.4. The van der Waals surface area contributed by atoms with E-state index in [0.29, 0.717) is 19.1 Å². The quantitative estimate of drug-likeness (QED) is 0.778. The highest BCUT2D eigenvalue weighted by Gasteiger charge is 2.45. The van der Waals surface area contributed by atoms with Crippen LogP contribution in [0.25, 0.3) is 11.0 Å². The standard InChI is InChI=1S/C19H25N5O3S/c1-23(18-16-4-5-20-17(16)21-11-22-18)14-6-12(7-14)10-28(26,27)15-8-24(9-15)19(25)13-2-3-13/h4-5,11-15H,2-3,6-10H2,1H3,(H,20,21,22). The minimum atomic E-state index is -3.14. The zero-order valence-corrected chi connectivity index (χ0v) is 16.7. The van der Waals surface area contributed by atoms with Gasteiger partial charge < -0.3 is 14.8 Å². The van der Waals surface area contributed by atoms with Crippen LogP contribution < -0.4 is 4.90 Å². The van der Waals surface area contributed by atoms with Crippen molar-refractivity contribution in [3.8, 4) is 0 Å². The summed E-state index contributed by atoms with van der Waals surface area (Å²) in [5.41, 5.74) is 0.811. The Hall–Kier alpha value is -2.16. The molecule has 8 nitrogen and oxygen atoms in total. The highest BCUT2D eigenvalue weighted by molar-refractivity contribution is 7.92. The third kappa shape index (κ3) is 3.05. The molecule has 1 aliphatic heterocycles. The van der Waals surface area contributed by atoms with Crippen LogP contribution in [0.3, 0.4) is 0 Å². The molecule has 1 N–H and O–H groups in total. The minimum Gasteiger partial charge on any atom is -0.356 e. The molecule has 150 valence electrons. The molecule has 2 saturated carbocycles. The molecular weight excluding hydrogens is 378 g/mol. The van der Waals surface area contributed by atoms with E-state index in [1.807, 2.05) is 19.3 Å². The van der Waals surface area contributed by atoms with Gasteiger partial charge in [-0.1, -0.05) is 0 Å². The van der Waals surface area contributed by atoms with Crippen LogP contribution in [0.1, 0.15) is 25.7 Å². The minimum absolute atomic E-state index is 0.151. The van der Waals surface area contributed by atoms with Gasteiger partial charge in [0.25, 0.3) is 0 Å². The molecule has 0 bridgehead atoms. The fourth-order valence-electron chi connectivity index (χ4n) is 4.36. The van der Waals surface area contributed by atoms with Gasteiger partial charge in [0.1, 0.15) is 17.8 Å². The molecule has 2 aromatic rings. The summed E-state index contributed by atoms with van der Waals surface area (Å²) in [6.07, 6.45) is 7.03. The first-order valence-electron chi connectivity index (χ1n) is 9.93. The van der Waals surface area contributed by atoms with Crippen LogP contribution in [-0.4, -0.2) is 71.4 Å². The molecule has 0 aromatic carbocycles. The van der Waals surface area contributed by atoms with Crippen molar-refractivity contribution in [2.45, 2.75) is 37.0 Å². The number of carbonyl (C=O) groups is 1. The number of aromatic nitrogens is 3. The molecule has 5 rings (SSSR count). The van der Waals surface area contributed by atoms with E-state index in [0.717, 1.165) is 42.5 Å². The van der Waals surface area contributed by atoms with E-state index in [1.54, 1.807) is 11.2 Å². The number of hydrogen-bond acceptors (Lipinski definition) is 6. The number of anilines is 1. The summed E-state index contributed by atoms with van der Waals surface area (Å²) in [6, 6.07) is 2.26. The molecule has 3 heterocycles. The van der Waals surface area contributed by atoms with E-state index in [2.05, 4.69) is 19.9 Å². The molecule has 28 heavy (non-hydrogen) atoms. The van der Waals surface area contributed by atoms with E-state index in [9.17, 15) is 13.2 Å². The summed E-state index contributed by atoms with van der Waals surface area (Å²) in [5, 5.41) is 0.615. The fraction of sp³-hybridized carbons (Fsp3) is 0.632. The normalized spacial score (nSPS) is 25.4. The second-order valence-electron chi connectivity index (χ2n) is 8.51. The van der Waals surface area contributed by atoms with Crippen LogP contribution in [0.15, 0.2) is 18.6 Å². The molecular formula is C19H25N5O3S. The number of rotatable bonds is 6. The monoisotopic (exact) mass is 403 g/mol. The number of carbonyl (C=O) groups excluding carboxylic acids is 1. The molecule has 9 heteroatoms. The van der Waals surface area contributed by atoms with E-state index in [4.69, 9.17) is 0 Å². The lowest BCUT2D eigenvalue weighted by Crippen LogP contribution is -2.58. The van der Waals surface area contributed by atoms with Crippen molar-refractivity contribution in [1.29, 1.82) is 0 Å². The van der Waals surface area contributed by atoms with Gasteiger partial charge in [-0.3, -0.25) is 4.79 Å². The Morgan fingerprint density at radius 1 is 1.29 bits per heavy atom. The number of amides is 1. The molecule has 0 spiro atoms. The van der Waals surface area contributed by atoms with E-state index >= 15 is 0 Å². The smallest absolute Gasteiger partial charge is 0.225 e. The Labute approximate surface area is 164 Å². The van der Waals surface area contributed by atoms with Crippen molar-refractivity contribution in [2.24, 2.45) is 11.8 Å². The first-order valence-corrected chi connectivity index (χ1v) is 11.6. The topological polar surface area (TPSA) is 99.3 Å². The van der Waals surface area contributed by atoms with Crippen molar-refractivity contribution in [1.82, 2.24) is 19.9 Å². The highest BCUT2D eigenvalue weighted by atomic mass is 32.2. The zero-order chi connectivity index (χ0) is 19.5. The van der Waals surface area contributed by atoms with Gasteiger partial charge in [0.15, 0.2) is 9.84 Å². The molecule has 1 saturated heterocycles. The molecule has 2 aromatic heterocycles. The summed E-state index contributed by atoms with van der Waals surface area (Å²) in [7, 11) is -1.13. The van der Waals surface area contributed by atoms with Crippen LogP contribution in [0.4, 0.5) is 5.82 Å². The van der Waals surface area contributed by atoms with Crippen molar-refractivity contribution < 1.29 is 13.2 Å². The molecule has 1 amide bonds. The second kappa shape index (κ2) is 6.43. The van der Waals surface area contributed by atoms with Gasteiger partial charge in [-0.2, -0.15) is 0 Å². The lowest BCUT2D eigenvalue weighted by Gasteiger charge is -2.44. The van der Waals surface area contributed by atoms with Crippen molar-refractivity contribution in [3.05, 3.63) is 18.6 Å². The highest BCUT2D eigenvalue weighted by Crippen LogP contribution is 2.37. The van der Waals surface area contributed by atoms with E-state index in [-0.39, 0.29) is 28.7 Å². The van der Waals surface area contributed by atoms with Crippen molar-refractivity contribution in [3.63, 3.8) is 0 Å². The third-order valence-corrected chi connectivity index (χ3v) is 8.74. The maximum absolute atomic E-state index is 12.7. The van der Waals surface area contributed by atoms with Crippen LogP contribution >= 0.6 is 0 Å². The number of fused-ring (bicyclic) bond motifs is 1. The van der Waals surface area contributed by atoms with Crippen LogP contribution in [-0.2, 0) is 14.6 Å². The van der Waals surface area contributed by atoms with Gasteiger partial charge in [-0.15, -0.1) is 0 Å². The maximum Gasteiger partial charge on any atom is 0.225 e. The van der Waals surface area contributed by atoms with Crippen LogP contribution in [0, 0.1) is 11.8 Å². The number of sulfone groups is 1. The number of aromatic amines is 1. The Kier molecular flexibility index (Phi) is 4.12. The summed E-state index contributed by atoms with van der Waals surface area (Å²) in [6.45, 7) is 0.778. The Balaban J connectivity index is 1.15. The number of nitrogens with one attached hydrogen (secondary N) is 1. The molecule has 2 aliphatic carbocycles. The fourth-order valence-corrected chi connectivity index (χ4v) is 6.38. The van der Waals surface area contributed by atoms with Crippen molar-refractivity contribution in [2.75, 3.05) is 30.8 Å². The van der Waals surface area contributed by atoms with Gasteiger partial charge in [-0.25, -0.2) is 18.4 Å². The molecule has 0 radical (unpaired) electrons. The first kappa shape index (κ1) is 17.9. The Bertz CT molecular complexity index is 1000. The molecule has 3 aliphatic rings. The molecule has 0 atom stereocenters. The largest absolute Gasteiger partial charge is 0.356 e. The average molecular weight is 404 g/mol. The van der Waals surface area contributed by atoms with Gasteiger partial charge >= 0.3 is 0 Å². The second-order valence-corrected chi connectivity index (χ2v) is 10.8. The SMILES string of the molecule is CN(c1ncnc2[nH]ccc12)C1CC(CS(=O)(=O)C2CN(C(=O)C3CC3)C2)C1. The molecule has 0 unspecified atom stereocenters.